The molecule has 2 aromatic carbocycles. The van der Waals surface area contributed by atoms with Crippen LogP contribution >= 0.6 is 11.6 Å². The first-order valence-corrected chi connectivity index (χ1v) is 7.81. The average Bonchev–Trinajstić information content (AvgIpc) is 3.06. The van der Waals surface area contributed by atoms with Gasteiger partial charge in [-0.3, -0.25) is 4.79 Å². The first-order chi connectivity index (χ1) is 11.5. The van der Waals surface area contributed by atoms with Gasteiger partial charge in [-0.2, -0.15) is 5.10 Å². The van der Waals surface area contributed by atoms with Gasteiger partial charge in [-0.05, 0) is 37.3 Å². The lowest BCUT2D eigenvalue weighted by Gasteiger charge is -2.12. The third kappa shape index (κ3) is 3.48. The van der Waals surface area contributed by atoms with E-state index in [9.17, 15) is 9.90 Å². The summed E-state index contributed by atoms with van der Waals surface area (Å²) in [5, 5.41) is 17.4. The molecule has 5 nitrogen and oxygen atoms in total. The highest BCUT2D eigenvalue weighted by Crippen LogP contribution is 2.23. The molecule has 0 bridgehead atoms. The summed E-state index contributed by atoms with van der Waals surface area (Å²) in [5.41, 5.74) is 2.47. The highest BCUT2D eigenvalue weighted by atomic mass is 35.5. The molecule has 1 aromatic heterocycles. The van der Waals surface area contributed by atoms with E-state index in [4.69, 9.17) is 11.6 Å². The van der Waals surface area contributed by atoms with Crippen molar-refractivity contribution in [3.05, 3.63) is 77.1 Å². The molecule has 3 rings (SSSR count). The summed E-state index contributed by atoms with van der Waals surface area (Å²) in [7, 11) is 0. The van der Waals surface area contributed by atoms with E-state index in [-0.39, 0.29) is 5.91 Å². The molecule has 0 aliphatic rings. The van der Waals surface area contributed by atoms with Crippen LogP contribution in [0.2, 0.25) is 5.02 Å². The molecule has 0 radical (unpaired) electrons. The Balaban J connectivity index is 1.81. The van der Waals surface area contributed by atoms with Crippen molar-refractivity contribution in [1.29, 1.82) is 0 Å². The minimum Gasteiger partial charge on any atom is -0.389 e. The van der Waals surface area contributed by atoms with E-state index in [0.717, 1.165) is 5.69 Å². The summed E-state index contributed by atoms with van der Waals surface area (Å²) in [6, 6.07) is 14.3. The molecule has 24 heavy (non-hydrogen) atoms. The van der Waals surface area contributed by atoms with Crippen LogP contribution in [0.4, 0.5) is 5.69 Å². The van der Waals surface area contributed by atoms with E-state index in [0.29, 0.717) is 21.8 Å². The van der Waals surface area contributed by atoms with Gasteiger partial charge in [0.05, 0.1) is 23.6 Å². The maximum Gasteiger partial charge on any atom is 0.258 e. The standard InChI is InChI=1S/C18H16ClN3O2/c1-12(23)16-4-2-3-5-17(16)21-18(24)13-10-20-22(11-13)15-8-6-14(19)7-9-15/h2-12,23H,1H3,(H,21,24). The number of rotatable bonds is 4. The number of anilines is 1. The van der Waals surface area contributed by atoms with Crippen molar-refractivity contribution in [3.63, 3.8) is 0 Å². The molecule has 1 atom stereocenters. The van der Waals surface area contributed by atoms with Crippen molar-refractivity contribution in [1.82, 2.24) is 9.78 Å². The van der Waals surface area contributed by atoms with Crippen molar-refractivity contribution in [2.75, 3.05) is 5.32 Å². The minimum atomic E-state index is -0.668. The molecule has 1 amide bonds. The highest BCUT2D eigenvalue weighted by molar-refractivity contribution is 6.30. The second-order valence-electron chi connectivity index (χ2n) is 5.37. The van der Waals surface area contributed by atoms with Gasteiger partial charge in [0.15, 0.2) is 0 Å². The molecule has 0 saturated heterocycles. The molecule has 0 fully saturated rings. The molecule has 122 valence electrons. The zero-order valence-electron chi connectivity index (χ0n) is 13.0. The van der Waals surface area contributed by atoms with E-state index in [1.807, 2.05) is 18.2 Å². The number of nitrogens with zero attached hydrogens (tertiary/aromatic N) is 2. The molecule has 1 heterocycles. The number of halogens is 1. The van der Waals surface area contributed by atoms with Crippen molar-refractivity contribution in [2.45, 2.75) is 13.0 Å². The van der Waals surface area contributed by atoms with Gasteiger partial charge >= 0.3 is 0 Å². The van der Waals surface area contributed by atoms with E-state index >= 15 is 0 Å². The molecule has 2 N–H and O–H groups in total. The fourth-order valence-electron chi connectivity index (χ4n) is 2.34. The Bertz CT molecular complexity index is 857. The molecule has 1 unspecified atom stereocenters. The van der Waals surface area contributed by atoms with Crippen LogP contribution in [-0.4, -0.2) is 20.8 Å². The molecule has 0 saturated carbocycles. The van der Waals surface area contributed by atoms with Crippen LogP contribution in [-0.2, 0) is 0 Å². The predicted octanol–water partition coefficient (Wildman–Crippen LogP) is 3.83. The predicted molar refractivity (Wildman–Crippen MR) is 93.6 cm³/mol. The SMILES string of the molecule is CC(O)c1ccccc1NC(=O)c1cnn(-c2ccc(Cl)cc2)c1. The lowest BCUT2D eigenvalue weighted by Crippen LogP contribution is -2.13. The topological polar surface area (TPSA) is 67.2 Å². The van der Waals surface area contributed by atoms with Gasteiger partial charge in [-0.15, -0.1) is 0 Å². The summed E-state index contributed by atoms with van der Waals surface area (Å²) < 4.78 is 1.60. The van der Waals surface area contributed by atoms with E-state index < -0.39 is 6.10 Å². The number of aliphatic hydroxyl groups excluding tert-OH is 1. The monoisotopic (exact) mass is 341 g/mol. The van der Waals surface area contributed by atoms with Crippen molar-refractivity contribution in [3.8, 4) is 5.69 Å². The molecule has 0 aliphatic carbocycles. The Labute approximate surface area is 144 Å². The first kappa shape index (κ1) is 16.2. The zero-order chi connectivity index (χ0) is 17.1. The maximum absolute atomic E-state index is 12.4. The highest BCUT2D eigenvalue weighted by Gasteiger charge is 2.13. The second-order valence-corrected chi connectivity index (χ2v) is 5.80. The van der Waals surface area contributed by atoms with Crippen molar-refractivity contribution in [2.24, 2.45) is 0 Å². The second kappa shape index (κ2) is 6.86. The van der Waals surface area contributed by atoms with Crippen LogP contribution in [0.25, 0.3) is 5.69 Å². The lowest BCUT2D eigenvalue weighted by atomic mass is 10.1. The summed E-state index contributed by atoms with van der Waals surface area (Å²) >= 11 is 5.87. The number of amides is 1. The largest absolute Gasteiger partial charge is 0.389 e. The van der Waals surface area contributed by atoms with E-state index in [1.165, 1.54) is 6.20 Å². The van der Waals surface area contributed by atoms with E-state index in [1.54, 1.807) is 48.1 Å². The minimum absolute atomic E-state index is 0.289. The lowest BCUT2D eigenvalue weighted by molar-refractivity contribution is 0.102. The number of aromatic nitrogens is 2. The molecule has 0 aliphatic heterocycles. The molecule has 0 spiro atoms. The van der Waals surface area contributed by atoms with Gasteiger partial charge in [0.25, 0.3) is 5.91 Å². The number of para-hydroxylation sites is 1. The fourth-order valence-corrected chi connectivity index (χ4v) is 2.47. The number of aliphatic hydroxyl groups is 1. The average molecular weight is 342 g/mol. The Hall–Kier alpha value is -2.63. The van der Waals surface area contributed by atoms with Gasteiger partial charge in [-0.1, -0.05) is 29.8 Å². The van der Waals surface area contributed by atoms with Crippen LogP contribution < -0.4 is 5.32 Å². The number of nitrogens with one attached hydrogen (secondary N) is 1. The van der Waals surface area contributed by atoms with Crippen molar-refractivity contribution >= 4 is 23.2 Å². The van der Waals surface area contributed by atoms with Crippen LogP contribution in [0.3, 0.4) is 0 Å². The number of hydrogen-bond acceptors (Lipinski definition) is 3. The number of hydrogen-bond donors (Lipinski definition) is 2. The van der Waals surface area contributed by atoms with Crippen LogP contribution in [0.15, 0.2) is 60.9 Å². The van der Waals surface area contributed by atoms with Crippen LogP contribution in [0.5, 0.6) is 0 Å². The Kier molecular flexibility index (Phi) is 4.64. The van der Waals surface area contributed by atoms with Gasteiger partial charge in [0.1, 0.15) is 0 Å². The molecule has 6 heteroatoms. The van der Waals surface area contributed by atoms with Gasteiger partial charge < -0.3 is 10.4 Å². The van der Waals surface area contributed by atoms with Crippen LogP contribution in [0.1, 0.15) is 28.9 Å². The maximum atomic E-state index is 12.4. The normalized spacial score (nSPS) is 12.0. The summed E-state index contributed by atoms with van der Waals surface area (Å²) in [6.45, 7) is 1.66. The van der Waals surface area contributed by atoms with Gasteiger partial charge in [0, 0.05) is 22.5 Å². The molecular weight excluding hydrogens is 326 g/mol. The summed E-state index contributed by atoms with van der Waals surface area (Å²) in [6.07, 6.45) is 2.47. The van der Waals surface area contributed by atoms with Gasteiger partial charge in [-0.25, -0.2) is 4.68 Å². The summed E-state index contributed by atoms with van der Waals surface area (Å²) in [4.78, 5) is 12.4. The Morgan fingerprint density at radius 2 is 1.92 bits per heavy atom. The van der Waals surface area contributed by atoms with Gasteiger partial charge in [0.2, 0.25) is 0 Å². The third-order valence-corrected chi connectivity index (χ3v) is 3.85. The molecule has 3 aromatic rings. The fraction of sp³-hybridized carbons (Fsp3) is 0.111. The third-order valence-electron chi connectivity index (χ3n) is 3.60. The molecular formula is C18H16ClN3O2. The number of benzene rings is 2. The quantitative estimate of drug-likeness (QED) is 0.757. The zero-order valence-corrected chi connectivity index (χ0v) is 13.7. The van der Waals surface area contributed by atoms with E-state index in [2.05, 4.69) is 10.4 Å². The van der Waals surface area contributed by atoms with Crippen molar-refractivity contribution < 1.29 is 9.90 Å². The smallest absolute Gasteiger partial charge is 0.258 e. The Morgan fingerprint density at radius 3 is 2.62 bits per heavy atom. The Morgan fingerprint density at radius 1 is 1.21 bits per heavy atom. The summed E-state index contributed by atoms with van der Waals surface area (Å²) in [5.74, 6) is -0.289. The number of carbonyl (C=O) groups excluding carboxylic acids is 1. The van der Waals surface area contributed by atoms with Crippen LogP contribution in [0, 0.1) is 0 Å². The first-order valence-electron chi connectivity index (χ1n) is 7.43. The number of carbonyl (C=O) groups is 1.